The van der Waals surface area contributed by atoms with Gasteiger partial charge in [-0.3, -0.25) is 9.59 Å². The number of anilines is 1. The Kier molecular flexibility index (Phi) is 8.01. The summed E-state index contributed by atoms with van der Waals surface area (Å²) in [5, 5.41) is 5.16. The van der Waals surface area contributed by atoms with E-state index in [1.807, 2.05) is 6.92 Å². The van der Waals surface area contributed by atoms with E-state index in [4.69, 9.17) is 4.74 Å². The fourth-order valence-electron chi connectivity index (χ4n) is 2.36. The van der Waals surface area contributed by atoms with Crippen molar-refractivity contribution in [2.24, 2.45) is 0 Å². The van der Waals surface area contributed by atoms with Crippen LogP contribution in [-0.4, -0.2) is 39.1 Å². The molecular weight excluding hydrogens is 448 g/mol. The van der Waals surface area contributed by atoms with Gasteiger partial charge >= 0.3 is 0 Å². The number of sulfone groups is 1. The number of amides is 2. The third kappa shape index (κ3) is 7.69. The number of carbonyl (C=O) groups excluding carboxylic acids is 2. The largest absolute Gasteiger partial charge is 0.484 e. The molecule has 0 bridgehead atoms. The summed E-state index contributed by atoms with van der Waals surface area (Å²) in [6, 6.07) is 13.3. The first kappa shape index (κ1) is 21.9. The van der Waals surface area contributed by atoms with Gasteiger partial charge < -0.3 is 15.4 Å². The van der Waals surface area contributed by atoms with E-state index < -0.39 is 21.5 Å². The van der Waals surface area contributed by atoms with E-state index in [1.54, 1.807) is 48.5 Å². The van der Waals surface area contributed by atoms with Gasteiger partial charge in [0.25, 0.3) is 5.91 Å². The molecule has 0 aromatic heterocycles. The molecule has 2 aromatic carbocycles. The smallest absolute Gasteiger partial charge is 0.257 e. The van der Waals surface area contributed by atoms with Gasteiger partial charge in [-0.2, -0.15) is 0 Å². The number of carbonyl (C=O) groups is 2. The first-order valence-electron chi connectivity index (χ1n) is 8.51. The second kappa shape index (κ2) is 10.2. The molecule has 0 unspecified atom stereocenters. The van der Waals surface area contributed by atoms with Crippen LogP contribution in [0.1, 0.15) is 12.5 Å². The lowest BCUT2D eigenvalue weighted by atomic mass is 10.2. The van der Waals surface area contributed by atoms with Gasteiger partial charge in [0.05, 0.1) is 5.75 Å². The first-order valence-corrected chi connectivity index (χ1v) is 11.1. The topological polar surface area (TPSA) is 102 Å². The summed E-state index contributed by atoms with van der Waals surface area (Å²) in [6.07, 6.45) is 0. The minimum absolute atomic E-state index is 0.104. The molecule has 9 heteroatoms. The number of rotatable bonds is 9. The van der Waals surface area contributed by atoms with Crippen molar-refractivity contribution in [2.45, 2.75) is 12.7 Å². The lowest BCUT2D eigenvalue weighted by Gasteiger charge is -2.09. The van der Waals surface area contributed by atoms with E-state index in [-0.39, 0.29) is 18.3 Å². The van der Waals surface area contributed by atoms with E-state index in [0.717, 1.165) is 4.47 Å². The van der Waals surface area contributed by atoms with Crippen LogP contribution in [0.3, 0.4) is 0 Å². The second-order valence-corrected chi connectivity index (χ2v) is 8.96. The summed E-state index contributed by atoms with van der Waals surface area (Å²) in [7, 11) is -3.60. The molecule has 0 aliphatic heterocycles. The summed E-state index contributed by atoms with van der Waals surface area (Å²) in [6.45, 7) is 2.24. The van der Waals surface area contributed by atoms with Gasteiger partial charge in [0.15, 0.2) is 16.4 Å². The summed E-state index contributed by atoms with van der Waals surface area (Å²) in [5.74, 6) is -1.21. The summed E-state index contributed by atoms with van der Waals surface area (Å²) < 4.78 is 30.6. The van der Waals surface area contributed by atoms with Crippen LogP contribution in [0, 0.1) is 0 Å². The van der Waals surface area contributed by atoms with Crippen LogP contribution in [0.2, 0.25) is 0 Å². The quantitative estimate of drug-likeness (QED) is 0.588. The minimum Gasteiger partial charge on any atom is -0.484 e. The Hall–Kier alpha value is -2.39. The molecule has 0 saturated heterocycles. The molecule has 2 N–H and O–H groups in total. The third-order valence-electron chi connectivity index (χ3n) is 3.51. The maximum absolute atomic E-state index is 12.2. The molecule has 0 fully saturated rings. The van der Waals surface area contributed by atoms with Gasteiger partial charge in [-0.25, -0.2) is 8.42 Å². The van der Waals surface area contributed by atoms with Crippen molar-refractivity contribution < 1.29 is 22.7 Å². The number of nitrogens with one attached hydrogen (secondary N) is 2. The minimum atomic E-state index is -3.60. The molecule has 2 rings (SSSR count). The lowest BCUT2D eigenvalue weighted by Crippen LogP contribution is -2.28. The van der Waals surface area contributed by atoms with Crippen LogP contribution in [0.25, 0.3) is 0 Å². The zero-order valence-electron chi connectivity index (χ0n) is 15.3. The summed E-state index contributed by atoms with van der Waals surface area (Å²) in [5.41, 5.74) is 1.05. The second-order valence-electron chi connectivity index (χ2n) is 5.98. The Morgan fingerprint density at radius 3 is 2.43 bits per heavy atom. The van der Waals surface area contributed by atoms with E-state index >= 15 is 0 Å². The number of hydrogen-bond donors (Lipinski definition) is 2. The van der Waals surface area contributed by atoms with Crippen LogP contribution < -0.4 is 15.4 Å². The highest BCUT2D eigenvalue weighted by molar-refractivity contribution is 9.10. The molecule has 0 radical (unpaired) electrons. The molecule has 2 amide bonds. The summed E-state index contributed by atoms with van der Waals surface area (Å²) in [4.78, 5) is 23.4. The molecule has 0 spiro atoms. The van der Waals surface area contributed by atoms with E-state index in [1.165, 1.54) is 0 Å². The van der Waals surface area contributed by atoms with Crippen molar-refractivity contribution >= 4 is 43.3 Å². The number of likely N-dealkylation sites (N-methyl/N-ethyl adjacent to an activating group) is 1. The predicted octanol–water partition coefficient (Wildman–Crippen LogP) is 2.52. The van der Waals surface area contributed by atoms with Crippen molar-refractivity contribution in [3.05, 3.63) is 58.6 Å². The molecule has 2 aromatic rings. The molecule has 0 aliphatic rings. The van der Waals surface area contributed by atoms with Gasteiger partial charge in [-0.15, -0.1) is 0 Å². The average Bonchev–Trinajstić information content (AvgIpc) is 2.60. The van der Waals surface area contributed by atoms with E-state index in [9.17, 15) is 18.0 Å². The molecule has 0 heterocycles. The average molecular weight is 469 g/mol. The Bertz CT molecular complexity index is 930. The fraction of sp³-hybridized carbons (Fsp3) is 0.263. The van der Waals surface area contributed by atoms with Crippen LogP contribution in [0.5, 0.6) is 5.75 Å². The van der Waals surface area contributed by atoms with Crippen molar-refractivity contribution in [3.8, 4) is 5.75 Å². The van der Waals surface area contributed by atoms with Crippen LogP contribution in [-0.2, 0) is 25.2 Å². The van der Waals surface area contributed by atoms with Gasteiger partial charge in [0.1, 0.15) is 11.5 Å². The van der Waals surface area contributed by atoms with Crippen molar-refractivity contribution in [2.75, 3.05) is 24.2 Å². The Morgan fingerprint density at radius 2 is 1.79 bits per heavy atom. The fourth-order valence-corrected chi connectivity index (χ4v) is 4.07. The van der Waals surface area contributed by atoms with Crippen LogP contribution in [0.4, 0.5) is 5.69 Å². The highest BCUT2D eigenvalue weighted by atomic mass is 79.9. The molecule has 7 nitrogen and oxygen atoms in total. The van der Waals surface area contributed by atoms with E-state index in [0.29, 0.717) is 23.5 Å². The van der Waals surface area contributed by atoms with Crippen molar-refractivity contribution in [1.82, 2.24) is 5.32 Å². The van der Waals surface area contributed by atoms with Crippen LogP contribution in [0.15, 0.2) is 53.0 Å². The maximum atomic E-state index is 12.2. The SMILES string of the molecule is CCNC(=O)COc1ccc(NC(=O)CS(=O)(=O)Cc2cccc(Br)c2)cc1. The number of benzene rings is 2. The van der Waals surface area contributed by atoms with Gasteiger partial charge in [-0.05, 0) is 48.9 Å². The maximum Gasteiger partial charge on any atom is 0.257 e. The van der Waals surface area contributed by atoms with Gasteiger partial charge in [0.2, 0.25) is 5.91 Å². The van der Waals surface area contributed by atoms with Gasteiger partial charge in [0, 0.05) is 16.7 Å². The third-order valence-corrected chi connectivity index (χ3v) is 5.48. The number of ether oxygens (including phenoxy) is 1. The zero-order chi connectivity index (χ0) is 20.6. The Labute approximate surface area is 172 Å². The lowest BCUT2D eigenvalue weighted by molar-refractivity contribution is -0.123. The molecule has 0 atom stereocenters. The standard InChI is InChI=1S/C19H21BrN2O5S/c1-2-21-18(23)11-27-17-8-6-16(7-9-17)22-19(24)13-28(25,26)12-14-4-3-5-15(20)10-14/h3-10H,2,11-13H2,1H3,(H,21,23)(H,22,24). The summed E-state index contributed by atoms with van der Waals surface area (Å²) >= 11 is 3.29. The monoisotopic (exact) mass is 468 g/mol. The highest BCUT2D eigenvalue weighted by Gasteiger charge is 2.18. The molecule has 0 saturated carbocycles. The number of halogens is 1. The predicted molar refractivity (Wildman–Crippen MR) is 111 cm³/mol. The van der Waals surface area contributed by atoms with Crippen LogP contribution >= 0.6 is 15.9 Å². The Balaban J connectivity index is 1.87. The zero-order valence-corrected chi connectivity index (χ0v) is 17.7. The van der Waals surface area contributed by atoms with Gasteiger partial charge in [-0.1, -0.05) is 28.1 Å². The normalized spacial score (nSPS) is 10.9. The molecule has 0 aliphatic carbocycles. The van der Waals surface area contributed by atoms with Crippen molar-refractivity contribution in [3.63, 3.8) is 0 Å². The van der Waals surface area contributed by atoms with Crippen molar-refractivity contribution in [1.29, 1.82) is 0 Å². The first-order chi connectivity index (χ1) is 13.3. The molecular formula is C19H21BrN2O5S. The Morgan fingerprint density at radius 1 is 1.07 bits per heavy atom. The molecule has 28 heavy (non-hydrogen) atoms. The number of hydrogen-bond acceptors (Lipinski definition) is 5. The highest BCUT2D eigenvalue weighted by Crippen LogP contribution is 2.17. The molecule has 150 valence electrons. The van der Waals surface area contributed by atoms with E-state index in [2.05, 4.69) is 26.6 Å².